The lowest BCUT2D eigenvalue weighted by atomic mass is 10.3. The molecular weight excluding hydrogens is 214 g/mol. The summed E-state index contributed by atoms with van der Waals surface area (Å²) in [5.41, 5.74) is 10.1. The maximum atomic E-state index is 11.2. The summed E-state index contributed by atoms with van der Waals surface area (Å²) in [5, 5.41) is 9.93. The fraction of sp³-hybridized carbons (Fsp3) is 0.625. The molecule has 1 amide bonds. The molecule has 0 heterocycles. The highest BCUT2D eigenvalue weighted by molar-refractivity contribution is 8.14. The Balaban J connectivity index is 3.62. The van der Waals surface area contributed by atoms with Crippen molar-refractivity contribution in [2.24, 2.45) is 16.5 Å². The molecule has 0 saturated carbocycles. The van der Waals surface area contributed by atoms with Crippen LogP contribution < -0.4 is 16.8 Å². The number of hydrogen-bond acceptors (Lipinski definition) is 3. The van der Waals surface area contributed by atoms with Crippen LogP contribution in [-0.4, -0.2) is 29.3 Å². The first-order valence-corrected chi connectivity index (χ1v) is 5.62. The van der Waals surface area contributed by atoms with Crippen LogP contribution in [0.2, 0.25) is 0 Å². The second kappa shape index (κ2) is 8.10. The molecule has 0 aromatic carbocycles. The topological polar surface area (TPSA) is 117 Å². The van der Waals surface area contributed by atoms with Gasteiger partial charge in [-0.3, -0.25) is 10.2 Å². The van der Waals surface area contributed by atoms with Gasteiger partial charge in [-0.15, -0.1) is 0 Å². The van der Waals surface area contributed by atoms with E-state index in [0.29, 0.717) is 6.54 Å². The van der Waals surface area contributed by atoms with Crippen LogP contribution in [-0.2, 0) is 4.79 Å². The van der Waals surface area contributed by atoms with Crippen LogP contribution in [0.3, 0.4) is 0 Å². The fourth-order valence-corrected chi connectivity index (χ4v) is 1.28. The predicted octanol–water partition coefficient (Wildman–Crippen LogP) is -0.156. The lowest BCUT2D eigenvalue weighted by Gasteiger charge is -2.02. The molecule has 15 heavy (non-hydrogen) atoms. The van der Waals surface area contributed by atoms with Gasteiger partial charge in [0.1, 0.15) is 0 Å². The number of carbonyl (C=O) groups is 1. The van der Waals surface area contributed by atoms with Crippen LogP contribution in [0.1, 0.15) is 19.8 Å². The zero-order chi connectivity index (χ0) is 11.7. The highest BCUT2D eigenvalue weighted by Crippen LogP contribution is 2.02. The van der Waals surface area contributed by atoms with Crippen molar-refractivity contribution in [3.05, 3.63) is 0 Å². The molecule has 0 spiro atoms. The minimum Gasteiger partial charge on any atom is -0.370 e. The van der Waals surface area contributed by atoms with E-state index in [4.69, 9.17) is 16.9 Å². The summed E-state index contributed by atoms with van der Waals surface area (Å²) in [6.07, 6.45) is 2.00. The second-order valence-corrected chi connectivity index (χ2v) is 3.80. The SMILES string of the molecule is CCCCNC(=O)CSC(=N)N=C(N)N. The molecule has 0 atom stereocenters. The van der Waals surface area contributed by atoms with Crippen LogP contribution in [0.25, 0.3) is 0 Å². The zero-order valence-corrected chi connectivity index (χ0v) is 9.56. The lowest BCUT2D eigenvalue weighted by molar-refractivity contribution is -0.118. The normalized spacial score (nSPS) is 9.40. The van der Waals surface area contributed by atoms with Crippen LogP contribution in [0.15, 0.2) is 4.99 Å². The van der Waals surface area contributed by atoms with Crippen molar-refractivity contribution in [1.29, 1.82) is 5.41 Å². The number of thioether (sulfide) groups is 1. The Morgan fingerprint density at radius 1 is 1.53 bits per heavy atom. The van der Waals surface area contributed by atoms with E-state index in [-0.39, 0.29) is 22.8 Å². The number of rotatable bonds is 5. The number of nitrogens with one attached hydrogen (secondary N) is 2. The number of amides is 1. The molecule has 0 aromatic rings. The molecule has 0 rings (SSSR count). The molecule has 0 aliphatic carbocycles. The summed E-state index contributed by atoms with van der Waals surface area (Å²) < 4.78 is 0. The summed E-state index contributed by atoms with van der Waals surface area (Å²) in [6.45, 7) is 2.72. The molecule has 0 unspecified atom stereocenters. The average Bonchev–Trinajstić information content (AvgIpc) is 2.14. The Bertz CT molecular complexity index is 249. The van der Waals surface area contributed by atoms with Crippen molar-refractivity contribution in [1.82, 2.24) is 5.32 Å². The van der Waals surface area contributed by atoms with Gasteiger partial charge in [0.25, 0.3) is 0 Å². The van der Waals surface area contributed by atoms with E-state index in [1.54, 1.807) is 0 Å². The van der Waals surface area contributed by atoms with Crippen LogP contribution in [0, 0.1) is 5.41 Å². The quantitative estimate of drug-likeness (QED) is 0.299. The molecule has 0 bridgehead atoms. The largest absolute Gasteiger partial charge is 0.370 e. The Hall–Kier alpha value is -1.24. The first-order valence-electron chi connectivity index (χ1n) is 4.64. The maximum absolute atomic E-state index is 11.2. The van der Waals surface area contributed by atoms with Gasteiger partial charge in [0.2, 0.25) is 5.91 Å². The number of carbonyl (C=O) groups excluding carboxylic acids is 1. The Morgan fingerprint density at radius 2 is 2.20 bits per heavy atom. The highest BCUT2D eigenvalue weighted by Gasteiger charge is 2.03. The van der Waals surface area contributed by atoms with Crippen molar-refractivity contribution in [2.75, 3.05) is 12.3 Å². The minimum atomic E-state index is -0.168. The van der Waals surface area contributed by atoms with Gasteiger partial charge in [0.15, 0.2) is 11.1 Å². The molecule has 6 nitrogen and oxygen atoms in total. The van der Waals surface area contributed by atoms with E-state index in [1.807, 2.05) is 0 Å². The Labute approximate surface area is 93.4 Å². The van der Waals surface area contributed by atoms with Gasteiger partial charge < -0.3 is 16.8 Å². The molecule has 0 aliphatic rings. The molecule has 7 heteroatoms. The number of guanidine groups is 1. The third-order valence-electron chi connectivity index (χ3n) is 1.42. The summed E-state index contributed by atoms with van der Waals surface area (Å²) in [4.78, 5) is 14.7. The first kappa shape index (κ1) is 13.8. The first-order chi connectivity index (χ1) is 7.06. The fourth-order valence-electron chi connectivity index (χ4n) is 0.739. The van der Waals surface area contributed by atoms with Crippen LogP contribution in [0.4, 0.5) is 0 Å². The van der Waals surface area contributed by atoms with Crippen molar-refractivity contribution in [2.45, 2.75) is 19.8 Å². The third-order valence-corrected chi connectivity index (χ3v) is 2.19. The van der Waals surface area contributed by atoms with Gasteiger partial charge in [0, 0.05) is 6.54 Å². The van der Waals surface area contributed by atoms with E-state index in [2.05, 4.69) is 17.2 Å². The van der Waals surface area contributed by atoms with Crippen molar-refractivity contribution in [3.63, 3.8) is 0 Å². The predicted molar refractivity (Wildman–Crippen MR) is 63.9 cm³/mol. The Kier molecular flexibility index (Phi) is 7.43. The molecule has 0 radical (unpaired) electrons. The van der Waals surface area contributed by atoms with Crippen LogP contribution in [0.5, 0.6) is 0 Å². The molecule has 0 saturated heterocycles. The zero-order valence-electron chi connectivity index (χ0n) is 8.75. The molecule has 86 valence electrons. The van der Waals surface area contributed by atoms with Crippen LogP contribution >= 0.6 is 11.8 Å². The number of amidine groups is 1. The molecule has 6 N–H and O–H groups in total. The average molecular weight is 231 g/mol. The van der Waals surface area contributed by atoms with Gasteiger partial charge in [0.05, 0.1) is 5.75 Å². The smallest absolute Gasteiger partial charge is 0.230 e. The van der Waals surface area contributed by atoms with E-state index in [1.165, 1.54) is 0 Å². The van der Waals surface area contributed by atoms with Gasteiger partial charge in [-0.05, 0) is 6.42 Å². The Morgan fingerprint density at radius 3 is 2.73 bits per heavy atom. The number of hydrogen-bond donors (Lipinski definition) is 4. The van der Waals surface area contributed by atoms with Gasteiger partial charge >= 0.3 is 0 Å². The number of nitrogens with two attached hydrogens (primary N) is 2. The highest BCUT2D eigenvalue weighted by atomic mass is 32.2. The third kappa shape index (κ3) is 9.07. The van der Waals surface area contributed by atoms with Gasteiger partial charge in [-0.25, -0.2) is 0 Å². The summed E-state index contributed by atoms with van der Waals surface area (Å²) in [5.74, 6) is -0.109. The maximum Gasteiger partial charge on any atom is 0.230 e. The standard InChI is InChI=1S/C8H17N5OS/c1-2-3-4-12-6(14)5-15-8(11)13-7(9)10/h2-5H2,1H3,(H,12,14)(H5,9,10,11,13). The minimum absolute atomic E-state index is 0.0550. The molecule has 0 aliphatic heterocycles. The lowest BCUT2D eigenvalue weighted by Crippen LogP contribution is -2.27. The van der Waals surface area contributed by atoms with E-state index < -0.39 is 0 Å². The molecular formula is C8H17N5OS. The summed E-state index contributed by atoms with van der Waals surface area (Å²) in [6, 6.07) is 0. The summed E-state index contributed by atoms with van der Waals surface area (Å²) in [7, 11) is 0. The van der Waals surface area contributed by atoms with Gasteiger partial charge in [-0.1, -0.05) is 25.1 Å². The van der Waals surface area contributed by atoms with Crippen molar-refractivity contribution < 1.29 is 4.79 Å². The van der Waals surface area contributed by atoms with E-state index in [0.717, 1.165) is 24.6 Å². The van der Waals surface area contributed by atoms with Crippen molar-refractivity contribution in [3.8, 4) is 0 Å². The van der Waals surface area contributed by atoms with E-state index >= 15 is 0 Å². The monoisotopic (exact) mass is 231 g/mol. The second-order valence-electron chi connectivity index (χ2n) is 2.83. The number of unbranched alkanes of at least 4 members (excludes halogenated alkanes) is 1. The van der Waals surface area contributed by atoms with Gasteiger partial charge in [-0.2, -0.15) is 4.99 Å². The van der Waals surface area contributed by atoms with Crippen molar-refractivity contribution >= 4 is 28.8 Å². The van der Waals surface area contributed by atoms with E-state index in [9.17, 15) is 4.79 Å². The number of aliphatic imine (C=N–C) groups is 1. The molecule has 0 fully saturated rings. The summed E-state index contributed by atoms with van der Waals surface area (Å²) >= 11 is 0.995. The molecule has 0 aromatic heterocycles. The number of nitrogens with zero attached hydrogens (tertiary/aromatic N) is 1.